The van der Waals surface area contributed by atoms with Crippen LogP contribution in [-0.2, 0) is 0 Å². The van der Waals surface area contributed by atoms with Gasteiger partial charge in [0.15, 0.2) is 0 Å². The lowest BCUT2D eigenvalue weighted by atomic mass is 10.1. The number of phenols is 1. The molecular formula is C15H11N3O4. The minimum atomic E-state index is -0.806. The Hall–Kier alpha value is -3.35. The summed E-state index contributed by atoms with van der Waals surface area (Å²) in [5.41, 5.74) is 8.31. The number of hydrogen-bond donors (Lipinski definition) is 3. The Morgan fingerprint density at radius 2 is 1.64 bits per heavy atom. The first-order chi connectivity index (χ1) is 10.5. The molecule has 22 heavy (non-hydrogen) atoms. The van der Waals surface area contributed by atoms with Crippen LogP contribution in [0.3, 0.4) is 0 Å². The number of aromatic hydroxyl groups is 1. The topological polar surface area (TPSA) is 113 Å². The second-order valence-electron chi connectivity index (χ2n) is 4.71. The summed E-state index contributed by atoms with van der Waals surface area (Å²) < 4.78 is 0. The molecule has 0 saturated heterocycles. The van der Waals surface area contributed by atoms with Gasteiger partial charge in [0.05, 0.1) is 16.7 Å². The Balaban J connectivity index is 1.89. The highest BCUT2D eigenvalue weighted by molar-refractivity contribution is 6.22. The van der Waals surface area contributed by atoms with Crippen LogP contribution in [0.4, 0.5) is 5.69 Å². The molecule has 0 unspecified atom stereocenters. The Morgan fingerprint density at radius 3 is 2.23 bits per heavy atom. The standard InChI is InChI=1S/C15H11N3O4/c16-8-5-6-12(19)11(7-8)13(20)17-18-14(21)9-3-1-2-4-10(9)15(18)22/h1-7,19H,16H2,(H,17,20). The van der Waals surface area contributed by atoms with Crippen molar-refractivity contribution in [3.8, 4) is 5.75 Å². The lowest BCUT2D eigenvalue weighted by Crippen LogP contribution is -2.45. The summed E-state index contributed by atoms with van der Waals surface area (Å²) >= 11 is 0. The molecule has 2 aromatic carbocycles. The highest BCUT2D eigenvalue weighted by atomic mass is 16.3. The quantitative estimate of drug-likeness (QED) is 0.433. The zero-order valence-electron chi connectivity index (χ0n) is 11.2. The van der Waals surface area contributed by atoms with Gasteiger partial charge in [-0.15, -0.1) is 0 Å². The summed E-state index contributed by atoms with van der Waals surface area (Å²) in [6.45, 7) is 0. The van der Waals surface area contributed by atoms with Crippen molar-refractivity contribution in [3.05, 3.63) is 59.2 Å². The van der Waals surface area contributed by atoms with Crippen LogP contribution >= 0.6 is 0 Å². The summed E-state index contributed by atoms with van der Waals surface area (Å²) in [5.74, 6) is -2.36. The Morgan fingerprint density at radius 1 is 1.05 bits per heavy atom. The van der Waals surface area contributed by atoms with Crippen molar-refractivity contribution in [2.75, 3.05) is 5.73 Å². The van der Waals surface area contributed by atoms with E-state index in [4.69, 9.17) is 5.73 Å². The van der Waals surface area contributed by atoms with Gasteiger partial charge < -0.3 is 10.8 Å². The van der Waals surface area contributed by atoms with Gasteiger partial charge in [-0.1, -0.05) is 12.1 Å². The maximum absolute atomic E-state index is 12.1. The second kappa shape index (κ2) is 4.88. The number of nitrogens with two attached hydrogens (primary N) is 1. The zero-order chi connectivity index (χ0) is 15.9. The van der Waals surface area contributed by atoms with Crippen molar-refractivity contribution in [2.45, 2.75) is 0 Å². The summed E-state index contributed by atoms with van der Waals surface area (Å²) in [6.07, 6.45) is 0. The molecule has 3 amide bonds. The van der Waals surface area contributed by atoms with E-state index in [1.54, 1.807) is 12.1 Å². The summed E-state index contributed by atoms with van der Waals surface area (Å²) in [7, 11) is 0. The van der Waals surface area contributed by atoms with E-state index in [0.717, 1.165) is 0 Å². The van der Waals surface area contributed by atoms with E-state index < -0.39 is 17.7 Å². The molecule has 0 aliphatic carbocycles. The summed E-state index contributed by atoms with van der Waals surface area (Å²) in [5, 5.41) is 10.3. The number of carbonyl (C=O) groups excluding carboxylic acids is 3. The average Bonchev–Trinajstić information content (AvgIpc) is 2.75. The van der Waals surface area contributed by atoms with E-state index in [9.17, 15) is 19.5 Å². The highest BCUT2D eigenvalue weighted by Gasteiger charge is 2.36. The van der Waals surface area contributed by atoms with Crippen molar-refractivity contribution >= 4 is 23.4 Å². The number of rotatable bonds is 2. The van der Waals surface area contributed by atoms with E-state index in [1.807, 2.05) is 0 Å². The Labute approximate surface area is 124 Å². The van der Waals surface area contributed by atoms with Gasteiger partial charge in [0.1, 0.15) is 5.75 Å². The van der Waals surface area contributed by atoms with Gasteiger partial charge in [-0.3, -0.25) is 19.8 Å². The molecule has 0 aromatic heterocycles. The minimum Gasteiger partial charge on any atom is -0.507 e. The van der Waals surface area contributed by atoms with E-state index in [2.05, 4.69) is 5.43 Å². The fourth-order valence-corrected chi connectivity index (χ4v) is 2.19. The molecule has 1 aliphatic rings. The van der Waals surface area contributed by atoms with E-state index in [-0.39, 0.29) is 28.1 Å². The van der Waals surface area contributed by atoms with Gasteiger partial charge in [-0.05, 0) is 30.3 Å². The van der Waals surface area contributed by atoms with Gasteiger partial charge in [-0.2, -0.15) is 5.01 Å². The third kappa shape index (κ3) is 2.05. The number of hydrogen-bond acceptors (Lipinski definition) is 5. The molecule has 4 N–H and O–H groups in total. The number of nitrogens with one attached hydrogen (secondary N) is 1. The van der Waals surface area contributed by atoms with Crippen LogP contribution in [0, 0.1) is 0 Å². The number of amides is 3. The lowest BCUT2D eigenvalue weighted by Gasteiger charge is -2.15. The fourth-order valence-electron chi connectivity index (χ4n) is 2.19. The van der Waals surface area contributed by atoms with Gasteiger partial charge in [0, 0.05) is 5.69 Å². The fraction of sp³-hybridized carbons (Fsp3) is 0. The lowest BCUT2D eigenvalue weighted by molar-refractivity contribution is 0.0517. The molecule has 7 heteroatoms. The van der Waals surface area contributed by atoms with Crippen molar-refractivity contribution in [2.24, 2.45) is 0 Å². The molecule has 0 radical (unpaired) electrons. The van der Waals surface area contributed by atoms with Crippen molar-refractivity contribution in [1.82, 2.24) is 10.4 Å². The van der Waals surface area contributed by atoms with Crippen LogP contribution in [-0.4, -0.2) is 27.8 Å². The number of fused-ring (bicyclic) bond motifs is 1. The maximum Gasteiger partial charge on any atom is 0.280 e. The monoisotopic (exact) mass is 297 g/mol. The molecule has 3 rings (SSSR count). The molecule has 0 fully saturated rings. The molecule has 2 aromatic rings. The van der Waals surface area contributed by atoms with Crippen molar-refractivity contribution in [3.63, 3.8) is 0 Å². The number of carbonyl (C=O) groups is 3. The highest BCUT2D eigenvalue weighted by Crippen LogP contribution is 2.23. The van der Waals surface area contributed by atoms with Crippen LogP contribution < -0.4 is 11.2 Å². The normalized spacial score (nSPS) is 13.2. The molecule has 1 aliphatic heterocycles. The first-order valence-electron chi connectivity index (χ1n) is 6.36. The van der Waals surface area contributed by atoms with E-state index in [1.165, 1.54) is 30.3 Å². The molecule has 110 valence electrons. The maximum atomic E-state index is 12.1. The number of phenolic OH excluding ortho intramolecular Hbond substituents is 1. The van der Waals surface area contributed by atoms with Crippen LogP contribution in [0.1, 0.15) is 31.1 Å². The first-order valence-corrected chi connectivity index (χ1v) is 6.36. The summed E-state index contributed by atoms with van der Waals surface area (Å²) in [6, 6.07) is 10.2. The number of nitrogens with zero attached hydrogens (tertiary/aromatic N) is 1. The van der Waals surface area contributed by atoms with Crippen LogP contribution in [0.2, 0.25) is 0 Å². The smallest absolute Gasteiger partial charge is 0.280 e. The number of nitrogen functional groups attached to an aromatic ring is 1. The summed E-state index contributed by atoms with van der Waals surface area (Å²) in [4.78, 5) is 36.4. The van der Waals surface area contributed by atoms with Crippen molar-refractivity contribution in [1.29, 1.82) is 0 Å². The number of benzene rings is 2. The van der Waals surface area contributed by atoms with Crippen molar-refractivity contribution < 1.29 is 19.5 Å². The molecule has 0 spiro atoms. The van der Waals surface area contributed by atoms with Gasteiger partial charge in [-0.25, -0.2) is 0 Å². The second-order valence-corrected chi connectivity index (χ2v) is 4.71. The number of anilines is 1. The van der Waals surface area contributed by atoms with E-state index >= 15 is 0 Å². The molecule has 0 bridgehead atoms. The number of imide groups is 1. The molecule has 1 heterocycles. The first kappa shape index (κ1) is 13.6. The molecule has 0 atom stereocenters. The zero-order valence-corrected chi connectivity index (χ0v) is 11.2. The molecule has 7 nitrogen and oxygen atoms in total. The number of hydrazine groups is 1. The average molecular weight is 297 g/mol. The van der Waals surface area contributed by atoms with Crippen LogP contribution in [0.15, 0.2) is 42.5 Å². The third-order valence-corrected chi connectivity index (χ3v) is 3.27. The van der Waals surface area contributed by atoms with Crippen LogP contribution in [0.25, 0.3) is 0 Å². The predicted molar refractivity (Wildman–Crippen MR) is 76.9 cm³/mol. The van der Waals surface area contributed by atoms with E-state index in [0.29, 0.717) is 5.01 Å². The van der Waals surface area contributed by atoms with Gasteiger partial charge in [0.2, 0.25) is 0 Å². The SMILES string of the molecule is Nc1ccc(O)c(C(=O)NN2C(=O)c3ccccc3C2=O)c1. The Bertz CT molecular complexity index is 781. The third-order valence-electron chi connectivity index (χ3n) is 3.27. The molecule has 0 saturated carbocycles. The Kier molecular flexibility index (Phi) is 3.03. The van der Waals surface area contributed by atoms with Gasteiger partial charge >= 0.3 is 0 Å². The van der Waals surface area contributed by atoms with Gasteiger partial charge in [0.25, 0.3) is 17.7 Å². The largest absolute Gasteiger partial charge is 0.507 e. The predicted octanol–water partition coefficient (Wildman–Crippen LogP) is 0.915. The molecular weight excluding hydrogens is 286 g/mol. The van der Waals surface area contributed by atoms with Crippen LogP contribution in [0.5, 0.6) is 5.75 Å². The minimum absolute atomic E-state index is 0.128.